The van der Waals surface area contributed by atoms with E-state index in [1.165, 1.54) is 0 Å². The first kappa shape index (κ1) is 16.8. The molecule has 4 nitrogen and oxygen atoms in total. The van der Waals surface area contributed by atoms with Crippen LogP contribution in [0.4, 0.5) is 0 Å². The second-order valence-corrected chi connectivity index (χ2v) is 7.14. The molecule has 1 amide bonds. The largest absolute Gasteiger partial charge is 0.497 e. The molecule has 1 fully saturated rings. The van der Waals surface area contributed by atoms with Gasteiger partial charge < -0.3 is 14.4 Å². The van der Waals surface area contributed by atoms with Crippen LogP contribution in [0, 0.1) is 0 Å². The molecule has 0 saturated carbocycles. The summed E-state index contributed by atoms with van der Waals surface area (Å²) < 4.78 is 11.2. The lowest BCUT2D eigenvalue weighted by atomic mass is 10.00. The summed E-state index contributed by atoms with van der Waals surface area (Å²) >= 11 is 0. The summed E-state index contributed by atoms with van der Waals surface area (Å²) in [6, 6.07) is 12.1. The van der Waals surface area contributed by atoms with Crippen LogP contribution in [0.15, 0.2) is 36.4 Å². The number of carbonyl (C=O) groups excluding carboxylic acids is 1. The predicted molar refractivity (Wildman–Crippen MR) is 95.4 cm³/mol. The summed E-state index contributed by atoms with van der Waals surface area (Å²) in [4.78, 5) is 14.8. The van der Waals surface area contributed by atoms with Crippen molar-refractivity contribution in [1.29, 1.82) is 0 Å². The van der Waals surface area contributed by atoms with E-state index in [1.807, 2.05) is 56.0 Å². The number of nitrogens with zero attached hydrogens (tertiary/aromatic N) is 1. The first-order chi connectivity index (χ1) is 11.4. The van der Waals surface area contributed by atoms with Crippen LogP contribution in [-0.2, 0) is 16.0 Å². The van der Waals surface area contributed by atoms with Gasteiger partial charge in [0.05, 0.1) is 25.2 Å². The van der Waals surface area contributed by atoms with Gasteiger partial charge in [-0.05, 0) is 49.2 Å². The Bertz CT molecular complexity index is 754. The number of hydrogen-bond acceptors (Lipinski definition) is 3. The summed E-state index contributed by atoms with van der Waals surface area (Å²) in [6.45, 7) is 7.36. The summed E-state index contributed by atoms with van der Waals surface area (Å²) in [5.74, 6) is 0.956. The van der Waals surface area contributed by atoms with Crippen LogP contribution in [0.3, 0.4) is 0 Å². The standard InChI is InChI=1S/C20H25NO3/c1-14-12-21(13-20(2,3)24-14)19(22)10-16-7-5-6-15-8-9-17(23-4)11-18(15)16/h5-9,11,14H,10,12-13H2,1-4H3. The third-order valence-electron chi connectivity index (χ3n) is 4.44. The topological polar surface area (TPSA) is 38.8 Å². The van der Waals surface area contributed by atoms with Crippen molar-refractivity contribution in [1.82, 2.24) is 4.90 Å². The molecule has 1 aliphatic heterocycles. The molecule has 3 rings (SSSR count). The molecule has 0 aromatic heterocycles. The fourth-order valence-electron chi connectivity index (χ4n) is 3.52. The van der Waals surface area contributed by atoms with E-state index in [2.05, 4.69) is 6.07 Å². The molecule has 1 unspecified atom stereocenters. The van der Waals surface area contributed by atoms with Gasteiger partial charge in [-0.15, -0.1) is 0 Å². The van der Waals surface area contributed by atoms with Crippen molar-refractivity contribution in [2.24, 2.45) is 0 Å². The summed E-state index contributed by atoms with van der Waals surface area (Å²) in [7, 11) is 1.66. The second-order valence-electron chi connectivity index (χ2n) is 7.14. The molecule has 1 saturated heterocycles. The van der Waals surface area contributed by atoms with Gasteiger partial charge in [-0.1, -0.05) is 24.3 Å². The zero-order chi connectivity index (χ0) is 17.3. The molecule has 1 heterocycles. The lowest BCUT2D eigenvalue weighted by Crippen LogP contribution is -2.54. The quantitative estimate of drug-likeness (QED) is 0.867. The van der Waals surface area contributed by atoms with E-state index in [0.29, 0.717) is 19.5 Å². The Balaban J connectivity index is 1.85. The first-order valence-electron chi connectivity index (χ1n) is 8.39. The van der Waals surface area contributed by atoms with Gasteiger partial charge in [0.2, 0.25) is 5.91 Å². The highest BCUT2D eigenvalue weighted by Crippen LogP contribution is 2.26. The molecule has 1 atom stereocenters. The maximum Gasteiger partial charge on any atom is 0.227 e. The van der Waals surface area contributed by atoms with Crippen molar-refractivity contribution < 1.29 is 14.3 Å². The average Bonchev–Trinajstić information content (AvgIpc) is 2.52. The van der Waals surface area contributed by atoms with E-state index in [-0.39, 0.29) is 17.6 Å². The van der Waals surface area contributed by atoms with E-state index in [1.54, 1.807) is 7.11 Å². The second kappa shape index (κ2) is 6.44. The molecule has 4 heteroatoms. The molecule has 0 spiro atoms. The van der Waals surface area contributed by atoms with Crippen LogP contribution < -0.4 is 4.74 Å². The monoisotopic (exact) mass is 327 g/mol. The third kappa shape index (κ3) is 3.54. The molecular formula is C20H25NO3. The number of methoxy groups -OCH3 is 1. The molecule has 0 radical (unpaired) electrons. The molecular weight excluding hydrogens is 302 g/mol. The van der Waals surface area contributed by atoms with E-state index < -0.39 is 0 Å². The van der Waals surface area contributed by atoms with Gasteiger partial charge in [-0.2, -0.15) is 0 Å². The molecule has 128 valence electrons. The lowest BCUT2D eigenvalue weighted by molar-refractivity contribution is -0.157. The van der Waals surface area contributed by atoms with E-state index >= 15 is 0 Å². The van der Waals surface area contributed by atoms with Gasteiger partial charge in [0.1, 0.15) is 5.75 Å². The number of benzene rings is 2. The number of rotatable bonds is 3. The SMILES string of the molecule is COc1ccc2cccc(CC(=O)N3CC(C)OC(C)(C)C3)c2c1. The van der Waals surface area contributed by atoms with Crippen molar-refractivity contribution >= 4 is 16.7 Å². The maximum atomic E-state index is 12.8. The summed E-state index contributed by atoms with van der Waals surface area (Å²) in [6.07, 6.45) is 0.457. The van der Waals surface area contributed by atoms with E-state index in [9.17, 15) is 4.79 Å². The van der Waals surface area contributed by atoms with E-state index in [0.717, 1.165) is 22.1 Å². The zero-order valence-electron chi connectivity index (χ0n) is 14.8. The highest BCUT2D eigenvalue weighted by atomic mass is 16.5. The van der Waals surface area contributed by atoms with Crippen molar-refractivity contribution in [2.75, 3.05) is 20.2 Å². The van der Waals surface area contributed by atoms with Crippen LogP contribution in [0.25, 0.3) is 10.8 Å². The number of hydrogen-bond donors (Lipinski definition) is 0. The third-order valence-corrected chi connectivity index (χ3v) is 4.44. The maximum absolute atomic E-state index is 12.8. The highest BCUT2D eigenvalue weighted by molar-refractivity contribution is 5.91. The summed E-state index contributed by atoms with van der Waals surface area (Å²) in [5, 5.41) is 2.20. The average molecular weight is 327 g/mol. The molecule has 1 aliphatic rings. The van der Waals surface area contributed by atoms with Gasteiger partial charge in [0, 0.05) is 13.1 Å². The van der Waals surface area contributed by atoms with Crippen molar-refractivity contribution in [2.45, 2.75) is 38.9 Å². The fourth-order valence-corrected chi connectivity index (χ4v) is 3.52. The van der Waals surface area contributed by atoms with Gasteiger partial charge in [0.25, 0.3) is 0 Å². The minimum Gasteiger partial charge on any atom is -0.497 e. The number of morpholine rings is 1. The Hall–Kier alpha value is -2.07. The zero-order valence-corrected chi connectivity index (χ0v) is 14.8. The van der Waals surface area contributed by atoms with Crippen molar-refractivity contribution in [3.63, 3.8) is 0 Å². The minimum atomic E-state index is -0.296. The first-order valence-corrected chi connectivity index (χ1v) is 8.39. The Kier molecular flexibility index (Phi) is 4.50. The molecule has 0 N–H and O–H groups in total. The van der Waals surface area contributed by atoms with Crippen LogP contribution in [-0.4, -0.2) is 42.7 Å². The normalized spacial score (nSPS) is 20.2. The van der Waals surface area contributed by atoms with Crippen LogP contribution >= 0.6 is 0 Å². The van der Waals surface area contributed by atoms with Crippen LogP contribution in [0.2, 0.25) is 0 Å². The molecule has 0 aliphatic carbocycles. The van der Waals surface area contributed by atoms with Crippen molar-refractivity contribution in [3.05, 3.63) is 42.0 Å². The van der Waals surface area contributed by atoms with Gasteiger partial charge in [-0.25, -0.2) is 0 Å². The number of carbonyl (C=O) groups is 1. The highest BCUT2D eigenvalue weighted by Gasteiger charge is 2.33. The number of amides is 1. The Labute approximate surface area is 143 Å². The molecule has 24 heavy (non-hydrogen) atoms. The van der Waals surface area contributed by atoms with E-state index in [4.69, 9.17) is 9.47 Å². The Morgan fingerprint density at radius 3 is 2.83 bits per heavy atom. The Morgan fingerprint density at radius 1 is 1.33 bits per heavy atom. The molecule has 2 aromatic carbocycles. The molecule has 0 bridgehead atoms. The Morgan fingerprint density at radius 2 is 2.12 bits per heavy atom. The number of fused-ring (bicyclic) bond motifs is 1. The van der Waals surface area contributed by atoms with Crippen LogP contribution in [0.5, 0.6) is 5.75 Å². The minimum absolute atomic E-state index is 0.0605. The number of ether oxygens (including phenoxy) is 2. The van der Waals surface area contributed by atoms with Crippen molar-refractivity contribution in [3.8, 4) is 5.75 Å². The summed E-state index contributed by atoms with van der Waals surface area (Å²) in [5.41, 5.74) is 0.739. The van der Waals surface area contributed by atoms with Crippen LogP contribution in [0.1, 0.15) is 26.3 Å². The predicted octanol–water partition coefficient (Wildman–Crippen LogP) is 3.42. The lowest BCUT2D eigenvalue weighted by Gasteiger charge is -2.41. The van der Waals surface area contributed by atoms with Gasteiger partial charge >= 0.3 is 0 Å². The fraction of sp³-hybridized carbons (Fsp3) is 0.450. The molecule has 2 aromatic rings. The van der Waals surface area contributed by atoms with Gasteiger partial charge in [-0.3, -0.25) is 4.79 Å². The van der Waals surface area contributed by atoms with Gasteiger partial charge in [0.15, 0.2) is 0 Å². The smallest absolute Gasteiger partial charge is 0.227 e.